The van der Waals surface area contributed by atoms with Gasteiger partial charge in [-0.15, -0.1) is 0 Å². The van der Waals surface area contributed by atoms with Crippen molar-refractivity contribution in [3.8, 4) is 11.1 Å². The summed E-state index contributed by atoms with van der Waals surface area (Å²) in [6.07, 6.45) is 7.69. The highest BCUT2D eigenvalue weighted by Crippen LogP contribution is 2.33. The van der Waals surface area contributed by atoms with Gasteiger partial charge in [-0.2, -0.15) is 0 Å². The van der Waals surface area contributed by atoms with Crippen LogP contribution in [0.15, 0.2) is 53.8 Å². The first-order valence-corrected chi connectivity index (χ1v) is 13.5. The Kier molecular flexibility index (Phi) is 8.80. The van der Waals surface area contributed by atoms with Crippen LogP contribution in [0.4, 0.5) is 5.69 Å². The SMILES string of the molecule is CC1=CC(=O)C(CNC(=O)c2cc(-c3ccc(CN(C)C)nc3)cc(N(C)C3CCNCC3)c2C)C(C)=C1. The molecular weight excluding hydrogens is 474 g/mol. The van der Waals surface area contributed by atoms with Gasteiger partial charge in [0.25, 0.3) is 5.91 Å². The lowest BCUT2D eigenvalue weighted by Gasteiger charge is -2.35. The Morgan fingerprint density at radius 1 is 1.05 bits per heavy atom. The van der Waals surface area contributed by atoms with Crippen molar-refractivity contribution in [3.05, 3.63) is 70.6 Å². The molecule has 1 fully saturated rings. The van der Waals surface area contributed by atoms with Crippen molar-refractivity contribution in [2.24, 2.45) is 5.92 Å². The Morgan fingerprint density at radius 3 is 2.42 bits per heavy atom. The molecule has 0 saturated carbocycles. The van der Waals surface area contributed by atoms with Crippen molar-refractivity contribution in [1.29, 1.82) is 0 Å². The summed E-state index contributed by atoms with van der Waals surface area (Å²) in [4.78, 5) is 35.3. The van der Waals surface area contributed by atoms with E-state index >= 15 is 0 Å². The summed E-state index contributed by atoms with van der Waals surface area (Å²) in [5, 5.41) is 6.50. The Balaban J connectivity index is 1.65. The number of anilines is 1. The number of pyridine rings is 1. The van der Waals surface area contributed by atoms with Crippen LogP contribution in [0.1, 0.15) is 48.3 Å². The molecule has 1 amide bonds. The first-order valence-electron chi connectivity index (χ1n) is 13.5. The molecule has 38 heavy (non-hydrogen) atoms. The van der Waals surface area contributed by atoms with Crippen LogP contribution in [0.5, 0.6) is 0 Å². The minimum atomic E-state index is -0.323. The molecule has 1 atom stereocenters. The van der Waals surface area contributed by atoms with Gasteiger partial charge in [-0.05, 0) is 102 Å². The molecule has 2 N–H and O–H groups in total. The highest BCUT2D eigenvalue weighted by atomic mass is 16.2. The Bertz CT molecular complexity index is 1240. The second kappa shape index (κ2) is 12.0. The maximum absolute atomic E-state index is 13.6. The minimum absolute atomic E-state index is 0.0449. The molecule has 7 nitrogen and oxygen atoms in total. The predicted molar refractivity (Wildman–Crippen MR) is 154 cm³/mol. The molecule has 1 saturated heterocycles. The number of hydrogen-bond donors (Lipinski definition) is 2. The summed E-state index contributed by atoms with van der Waals surface area (Å²) >= 11 is 0. The fraction of sp³-hybridized carbons (Fsp3) is 0.452. The highest BCUT2D eigenvalue weighted by molar-refractivity contribution is 6.00. The number of ketones is 1. The molecule has 1 aromatic heterocycles. The summed E-state index contributed by atoms with van der Waals surface area (Å²) < 4.78 is 0. The van der Waals surface area contributed by atoms with E-state index in [9.17, 15) is 9.59 Å². The van der Waals surface area contributed by atoms with Crippen LogP contribution in [-0.2, 0) is 11.3 Å². The molecule has 2 heterocycles. The van der Waals surface area contributed by atoms with Crippen LogP contribution in [0.25, 0.3) is 11.1 Å². The van der Waals surface area contributed by atoms with Gasteiger partial charge >= 0.3 is 0 Å². The lowest BCUT2D eigenvalue weighted by molar-refractivity contribution is -0.117. The molecule has 1 aliphatic heterocycles. The number of allylic oxidation sites excluding steroid dienone is 3. The van der Waals surface area contributed by atoms with Crippen molar-refractivity contribution in [2.45, 2.75) is 46.2 Å². The van der Waals surface area contributed by atoms with Gasteiger partial charge in [-0.25, -0.2) is 0 Å². The zero-order valence-electron chi connectivity index (χ0n) is 23.6. The standard InChI is InChI=1S/C31H41N5O2/c1-20-13-21(2)28(30(37)14-20)18-34-31(38)27-15-24(23-7-8-25(33-17-23)19-35(4)5)16-29(22(27)3)36(6)26-9-11-32-12-10-26/h7-8,13-17,26,28,32H,9-12,18-19H2,1-6H3,(H,34,38). The van der Waals surface area contributed by atoms with E-state index < -0.39 is 0 Å². The van der Waals surface area contributed by atoms with E-state index in [1.54, 1.807) is 6.08 Å². The fourth-order valence-electron chi connectivity index (χ4n) is 5.47. The molecule has 2 aromatic rings. The number of carbonyl (C=O) groups is 2. The number of nitrogens with one attached hydrogen (secondary N) is 2. The van der Waals surface area contributed by atoms with E-state index in [0.29, 0.717) is 11.6 Å². The Morgan fingerprint density at radius 2 is 1.79 bits per heavy atom. The van der Waals surface area contributed by atoms with Gasteiger partial charge in [0.15, 0.2) is 5.78 Å². The third-order valence-electron chi connectivity index (χ3n) is 7.68. The number of carbonyl (C=O) groups excluding carboxylic acids is 2. The molecule has 0 radical (unpaired) electrons. The maximum atomic E-state index is 13.6. The van der Waals surface area contributed by atoms with Crippen molar-refractivity contribution in [2.75, 3.05) is 45.7 Å². The molecule has 4 rings (SSSR count). The van der Waals surface area contributed by atoms with Crippen LogP contribution < -0.4 is 15.5 Å². The summed E-state index contributed by atoms with van der Waals surface area (Å²) in [5.41, 5.74) is 7.51. The number of aromatic nitrogens is 1. The van der Waals surface area contributed by atoms with Gasteiger partial charge in [0.2, 0.25) is 0 Å². The average molecular weight is 516 g/mol. The van der Waals surface area contributed by atoms with Crippen molar-refractivity contribution < 1.29 is 9.59 Å². The van der Waals surface area contributed by atoms with Crippen LogP contribution in [-0.4, -0.2) is 68.4 Å². The zero-order valence-corrected chi connectivity index (χ0v) is 23.6. The Hall–Kier alpha value is -3.29. The van der Waals surface area contributed by atoms with Crippen LogP contribution >= 0.6 is 0 Å². The largest absolute Gasteiger partial charge is 0.371 e. The van der Waals surface area contributed by atoms with E-state index in [1.807, 2.05) is 59.3 Å². The third-order valence-corrected chi connectivity index (χ3v) is 7.68. The molecule has 7 heteroatoms. The summed E-state index contributed by atoms with van der Waals surface area (Å²) in [7, 11) is 6.18. The normalized spacial score (nSPS) is 18.3. The van der Waals surface area contributed by atoms with Gasteiger partial charge < -0.3 is 20.4 Å². The number of rotatable bonds is 8. The second-order valence-corrected chi connectivity index (χ2v) is 11.0. The van der Waals surface area contributed by atoms with Crippen molar-refractivity contribution in [1.82, 2.24) is 20.5 Å². The quantitative estimate of drug-likeness (QED) is 0.551. The highest BCUT2D eigenvalue weighted by Gasteiger charge is 2.25. The van der Waals surface area contributed by atoms with Gasteiger partial charge in [0.1, 0.15) is 0 Å². The third kappa shape index (κ3) is 6.40. The summed E-state index contributed by atoms with van der Waals surface area (Å²) in [5.74, 6) is -0.437. The monoisotopic (exact) mass is 515 g/mol. The molecule has 1 aliphatic carbocycles. The van der Waals surface area contributed by atoms with Crippen molar-refractivity contribution in [3.63, 3.8) is 0 Å². The average Bonchev–Trinajstić information content (AvgIpc) is 2.88. The van der Waals surface area contributed by atoms with E-state index in [-0.39, 0.29) is 24.2 Å². The molecule has 2 aliphatic rings. The molecule has 202 valence electrons. The van der Waals surface area contributed by atoms with Crippen molar-refractivity contribution >= 4 is 17.4 Å². The number of benzene rings is 1. The number of piperidine rings is 1. The predicted octanol–water partition coefficient (Wildman–Crippen LogP) is 4.13. The van der Waals surface area contributed by atoms with E-state index in [1.165, 1.54) is 0 Å². The number of hydrogen-bond acceptors (Lipinski definition) is 6. The van der Waals surface area contributed by atoms with E-state index in [0.717, 1.165) is 71.7 Å². The molecule has 0 spiro atoms. The smallest absolute Gasteiger partial charge is 0.251 e. The first kappa shape index (κ1) is 27.7. The molecule has 0 bridgehead atoms. The molecule has 1 aromatic carbocycles. The van der Waals surface area contributed by atoms with Crippen LogP contribution in [0.3, 0.4) is 0 Å². The summed E-state index contributed by atoms with van der Waals surface area (Å²) in [6, 6.07) is 8.68. The lowest BCUT2D eigenvalue weighted by atomic mass is 9.88. The van der Waals surface area contributed by atoms with Gasteiger partial charge in [-0.1, -0.05) is 17.7 Å². The number of nitrogens with zero attached hydrogens (tertiary/aromatic N) is 3. The lowest BCUT2D eigenvalue weighted by Crippen LogP contribution is -2.41. The van der Waals surface area contributed by atoms with Gasteiger partial charge in [0, 0.05) is 49.2 Å². The van der Waals surface area contributed by atoms with E-state index in [4.69, 9.17) is 0 Å². The van der Waals surface area contributed by atoms with E-state index in [2.05, 4.69) is 44.6 Å². The zero-order chi connectivity index (χ0) is 27.4. The van der Waals surface area contributed by atoms with Gasteiger partial charge in [0.05, 0.1) is 11.6 Å². The second-order valence-electron chi connectivity index (χ2n) is 11.0. The number of amides is 1. The summed E-state index contributed by atoms with van der Waals surface area (Å²) in [6.45, 7) is 8.95. The minimum Gasteiger partial charge on any atom is -0.371 e. The molecular formula is C31H41N5O2. The molecule has 1 unspecified atom stereocenters. The topological polar surface area (TPSA) is 77.6 Å². The van der Waals surface area contributed by atoms with Crippen LogP contribution in [0.2, 0.25) is 0 Å². The van der Waals surface area contributed by atoms with Crippen LogP contribution in [0, 0.1) is 12.8 Å². The Labute approximate surface area is 227 Å². The van der Waals surface area contributed by atoms with Gasteiger partial charge in [-0.3, -0.25) is 14.6 Å². The maximum Gasteiger partial charge on any atom is 0.251 e. The fourth-order valence-corrected chi connectivity index (χ4v) is 5.47. The first-order chi connectivity index (χ1) is 18.1.